The summed E-state index contributed by atoms with van der Waals surface area (Å²) in [5.41, 5.74) is 3.93. The van der Waals surface area contributed by atoms with Gasteiger partial charge in [0.1, 0.15) is 0 Å². The Morgan fingerprint density at radius 1 is 1.12 bits per heavy atom. The number of fused-ring (bicyclic) bond motifs is 1. The second kappa shape index (κ2) is 7.24. The van der Waals surface area contributed by atoms with Crippen molar-refractivity contribution in [3.8, 4) is 0 Å². The molecule has 6 unspecified atom stereocenters. The maximum absolute atomic E-state index is 4.35. The van der Waals surface area contributed by atoms with E-state index in [1.54, 1.807) is 0 Å². The lowest BCUT2D eigenvalue weighted by Crippen LogP contribution is -2.28. The first-order valence-corrected chi connectivity index (χ1v) is 11.1. The third-order valence-electron chi connectivity index (χ3n) is 8.48. The Bertz CT molecular complexity index is 518. The first-order valence-electron chi connectivity index (χ1n) is 11.1. The fourth-order valence-electron chi connectivity index (χ4n) is 5.70. The smallest absolute Gasteiger partial charge is 0.0166 e. The van der Waals surface area contributed by atoms with Crippen LogP contribution in [0.25, 0.3) is 0 Å². The Kier molecular flexibility index (Phi) is 5.57. The van der Waals surface area contributed by atoms with E-state index in [1.165, 1.54) is 50.5 Å². The van der Waals surface area contributed by atoms with Gasteiger partial charge in [-0.25, -0.2) is 0 Å². The average Bonchev–Trinajstić information content (AvgIpc) is 3.15. The minimum atomic E-state index is 0.645. The first kappa shape index (κ1) is 19.2. The molecule has 3 aliphatic carbocycles. The highest BCUT2D eigenvalue weighted by molar-refractivity contribution is 5.23. The van der Waals surface area contributed by atoms with Gasteiger partial charge in [0.15, 0.2) is 0 Å². The van der Waals surface area contributed by atoms with Gasteiger partial charge in [0.2, 0.25) is 0 Å². The standard InChI is InChI=1S/C25H42/c1-16(2)18(5)21-9-8-20-10-11-22(23(20)14-21)24(19(6)17(3)4)15-25(7)12-13-25/h14,16,18-22,24H,3,8-13,15H2,1-2,4-7H3. The molecule has 0 bridgehead atoms. The Morgan fingerprint density at radius 3 is 2.32 bits per heavy atom. The zero-order valence-electron chi connectivity index (χ0n) is 17.8. The van der Waals surface area contributed by atoms with E-state index in [1.807, 2.05) is 5.57 Å². The summed E-state index contributed by atoms with van der Waals surface area (Å²) in [6.45, 7) is 18.9. The van der Waals surface area contributed by atoms with E-state index in [9.17, 15) is 0 Å². The molecule has 0 spiro atoms. The van der Waals surface area contributed by atoms with Crippen LogP contribution in [0.4, 0.5) is 0 Å². The van der Waals surface area contributed by atoms with Crippen LogP contribution in [0.15, 0.2) is 23.8 Å². The minimum Gasteiger partial charge on any atom is -0.0999 e. The zero-order chi connectivity index (χ0) is 18.4. The van der Waals surface area contributed by atoms with Gasteiger partial charge in [-0.15, -0.1) is 0 Å². The lowest BCUT2D eigenvalue weighted by Gasteiger charge is -2.37. The molecule has 0 nitrogen and oxygen atoms in total. The molecule has 25 heavy (non-hydrogen) atoms. The van der Waals surface area contributed by atoms with Gasteiger partial charge < -0.3 is 0 Å². The summed E-state index contributed by atoms with van der Waals surface area (Å²) in [5.74, 6) is 5.70. The minimum absolute atomic E-state index is 0.645. The molecule has 0 radical (unpaired) electrons. The maximum atomic E-state index is 4.35. The molecule has 0 amide bonds. The SMILES string of the molecule is C=C(C)C(C)C(CC1(C)CC1)C1CCC2CCC(C(C)C(C)C)C=C21. The largest absolute Gasteiger partial charge is 0.0999 e. The van der Waals surface area contributed by atoms with Gasteiger partial charge in [-0.05, 0) is 98.7 Å². The van der Waals surface area contributed by atoms with E-state index in [0.717, 1.165) is 35.5 Å². The molecule has 0 aliphatic heterocycles. The van der Waals surface area contributed by atoms with Crippen molar-refractivity contribution in [3.63, 3.8) is 0 Å². The Balaban J connectivity index is 1.84. The highest BCUT2D eigenvalue weighted by Crippen LogP contribution is 2.57. The number of allylic oxidation sites excluding steroid dienone is 3. The van der Waals surface area contributed by atoms with Gasteiger partial charge >= 0.3 is 0 Å². The fourth-order valence-corrected chi connectivity index (χ4v) is 5.70. The fraction of sp³-hybridized carbons (Fsp3) is 0.840. The van der Waals surface area contributed by atoms with Crippen LogP contribution in [0.3, 0.4) is 0 Å². The molecule has 0 saturated heterocycles. The first-order chi connectivity index (χ1) is 11.7. The molecule has 0 N–H and O–H groups in total. The van der Waals surface area contributed by atoms with Crippen LogP contribution in [-0.4, -0.2) is 0 Å². The van der Waals surface area contributed by atoms with Crippen LogP contribution in [-0.2, 0) is 0 Å². The average molecular weight is 343 g/mol. The molecule has 0 heteroatoms. The molecule has 3 rings (SSSR count). The molecule has 6 atom stereocenters. The predicted molar refractivity (Wildman–Crippen MR) is 110 cm³/mol. The number of hydrogen-bond acceptors (Lipinski definition) is 0. The Labute approximate surface area is 157 Å². The van der Waals surface area contributed by atoms with Crippen molar-refractivity contribution in [1.82, 2.24) is 0 Å². The van der Waals surface area contributed by atoms with Crippen molar-refractivity contribution < 1.29 is 0 Å². The molecule has 2 fully saturated rings. The highest BCUT2D eigenvalue weighted by Gasteiger charge is 2.46. The van der Waals surface area contributed by atoms with E-state index in [-0.39, 0.29) is 0 Å². The third-order valence-corrected chi connectivity index (χ3v) is 8.48. The van der Waals surface area contributed by atoms with Crippen LogP contribution in [0.1, 0.15) is 86.5 Å². The topological polar surface area (TPSA) is 0 Å². The quantitative estimate of drug-likeness (QED) is 0.416. The Hall–Kier alpha value is -0.520. The molecular weight excluding hydrogens is 300 g/mol. The number of hydrogen-bond donors (Lipinski definition) is 0. The van der Waals surface area contributed by atoms with Crippen molar-refractivity contribution in [2.45, 2.75) is 86.5 Å². The van der Waals surface area contributed by atoms with Gasteiger partial charge in [0.25, 0.3) is 0 Å². The van der Waals surface area contributed by atoms with Gasteiger partial charge in [-0.2, -0.15) is 0 Å². The molecule has 142 valence electrons. The molecule has 3 aliphatic rings. The predicted octanol–water partition coefficient (Wildman–Crippen LogP) is 7.66. The molecule has 0 aromatic heterocycles. The van der Waals surface area contributed by atoms with Crippen molar-refractivity contribution in [3.05, 3.63) is 23.8 Å². The summed E-state index contributed by atoms with van der Waals surface area (Å²) in [5, 5.41) is 0. The lowest BCUT2D eigenvalue weighted by atomic mass is 9.68. The molecule has 0 aromatic rings. The summed E-state index contributed by atoms with van der Waals surface area (Å²) < 4.78 is 0. The third kappa shape index (κ3) is 4.09. The molecule has 0 aromatic carbocycles. The van der Waals surface area contributed by atoms with Gasteiger partial charge in [-0.1, -0.05) is 58.4 Å². The van der Waals surface area contributed by atoms with Gasteiger partial charge in [0, 0.05) is 0 Å². The van der Waals surface area contributed by atoms with E-state index >= 15 is 0 Å². The van der Waals surface area contributed by atoms with E-state index in [0.29, 0.717) is 11.3 Å². The normalized spacial score (nSPS) is 34.2. The summed E-state index contributed by atoms with van der Waals surface area (Å²) in [6.07, 6.45) is 12.9. The second-order valence-corrected chi connectivity index (χ2v) is 10.7. The van der Waals surface area contributed by atoms with Crippen molar-refractivity contribution in [2.75, 3.05) is 0 Å². The summed E-state index contributed by atoms with van der Waals surface area (Å²) in [7, 11) is 0. The second-order valence-electron chi connectivity index (χ2n) is 10.7. The maximum Gasteiger partial charge on any atom is -0.0166 e. The number of rotatable bonds is 7. The van der Waals surface area contributed by atoms with Crippen molar-refractivity contribution in [1.29, 1.82) is 0 Å². The van der Waals surface area contributed by atoms with Crippen LogP contribution in [0.5, 0.6) is 0 Å². The van der Waals surface area contributed by atoms with Crippen molar-refractivity contribution in [2.24, 2.45) is 46.8 Å². The van der Waals surface area contributed by atoms with Crippen LogP contribution < -0.4 is 0 Å². The van der Waals surface area contributed by atoms with E-state index in [2.05, 4.69) is 54.2 Å². The zero-order valence-corrected chi connectivity index (χ0v) is 17.8. The van der Waals surface area contributed by atoms with Crippen LogP contribution >= 0.6 is 0 Å². The van der Waals surface area contributed by atoms with E-state index < -0.39 is 0 Å². The highest BCUT2D eigenvalue weighted by atomic mass is 14.5. The lowest BCUT2D eigenvalue weighted by molar-refractivity contribution is 0.230. The molecular formula is C25H42. The van der Waals surface area contributed by atoms with Crippen LogP contribution in [0.2, 0.25) is 0 Å². The summed E-state index contributed by atoms with van der Waals surface area (Å²) in [4.78, 5) is 0. The summed E-state index contributed by atoms with van der Waals surface area (Å²) >= 11 is 0. The van der Waals surface area contributed by atoms with Gasteiger partial charge in [0.05, 0.1) is 0 Å². The molecule has 0 heterocycles. The van der Waals surface area contributed by atoms with E-state index in [4.69, 9.17) is 0 Å². The monoisotopic (exact) mass is 342 g/mol. The van der Waals surface area contributed by atoms with Crippen molar-refractivity contribution >= 4 is 0 Å². The molecule has 2 saturated carbocycles. The van der Waals surface area contributed by atoms with Crippen LogP contribution in [0, 0.1) is 46.8 Å². The summed E-state index contributed by atoms with van der Waals surface area (Å²) in [6, 6.07) is 0. The van der Waals surface area contributed by atoms with Gasteiger partial charge in [-0.3, -0.25) is 0 Å². The Morgan fingerprint density at radius 2 is 1.76 bits per heavy atom.